The van der Waals surface area contributed by atoms with Gasteiger partial charge in [-0.05, 0) is 35.9 Å². The van der Waals surface area contributed by atoms with Gasteiger partial charge in [0.15, 0.2) is 5.92 Å². The number of nitriles is 1. The normalized spacial score (nSPS) is 12.9. The number of carboxylic acid groups (broad SMARTS) is 1. The van der Waals surface area contributed by atoms with Crippen LogP contribution < -0.4 is 5.32 Å². The molecule has 0 fully saturated rings. The van der Waals surface area contributed by atoms with Crippen LogP contribution in [0.25, 0.3) is 10.9 Å². The molecule has 1 amide bonds. The van der Waals surface area contributed by atoms with Crippen LogP contribution in [0.1, 0.15) is 17.0 Å². The van der Waals surface area contributed by atoms with Gasteiger partial charge in [-0.2, -0.15) is 5.26 Å². The number of amides is 1. The quantitative estimate of drug-likeness (QED) is 0.522. The van der Waals surface area contributed by atoms with Crippen molar-refractivity contribution in [3.63, 3.8) is 0 Å². The van der Waals surface area contributed by atoms with Crippen LogP contribution in [0.3, 0.4) is 0 Å². The van der Waals surface area contributed by atoms with Crippen LogP contribution in [-0.4, -0.2) is 33.1 Å². The molecule has 28 heavy (non-hydrogen) atoms. The molecule has 142 valence electrons. The van der Waals surface area contributed by atoms with E-state index in [0.29, 0.717) is 22.0 Å². The molecule has 0 aliphatic carbocycles. The third-order valence-corrected chi connectivity index (χ3v) is 4.37. The number of aromatic amines is 1. The van der Waals surface area contributed by atoms with Crippen molar-refractivity contribution in [2.45, 2.75) is 18.4 Å². The van der Waals surface area contributed by atoms with E-state index in [2.05, 4.69) is 10.3 Å². The standard InChI is InChI=1S/C20H16FN3O4/c21-12-3-6-14-16(10-23-17(14)8-12)15(9-22)19(26)24-18(20(27)28)7-11-1-4-13(25)5-2-11/h1-6,8,10,15,18,23,25H,7H2,(H,24,26)(H,27,28). The van der Waals surface area contributed by atoms with Gasteiger partial charge in [-0.25, -0.2) is 9.18 Å². The predicted octanol–water partition coefficient (Wildman–Crippen LogP) is 2.43. The second-order valence-corrected chi connectivity index (χ2v) is 6.27. The zero-order chi connectivity index (χ0) is 20.3. The molecule has 0 aliphatic rings. The number of carbonyl (C=O) groups excluding carboxylic acids is 1. The molecule has 0 saturated heterocycles. The molecule has 3 rings (SSSR count). The molecule has 2 aromatic carbocycles. The van der Waals surface area contributed by atoms with Crippen LogP contribution in [0.4, 0.5) is 4.39 Å². The number of aliphatic carboxylic acids is 1. The maximum atomic E-state index is 13.3. The fraction of sp³-hybridized carbons (Fsp3) is 0.150. The summed E-state index contributed by atoms with van der Waals surface area (Å²) in [6.45, 7) is 0. The van der Waals surface area contributed by atoms with Crippen LogP contribution in [0.15, 0.2) is 48.7 Å². The first-order valence-corrected chi connectivity index (χ1v) is 8.36. The Balaban J connectivity index is 1.82. The summed E-state index contributed by atoms with van der Waals surface area (Å²) in [4.78, 5) is 27.0. The average molecular weight is 381 g/mol. The van der Waals surface area contributed by atoms with Crippen LogP contribution in [0.2, 0.25) is 0 Å². The number of halogens is 1. The number of nitrogens with zero attached hydrogens (tertiary/aromatic N) is 1. The van der Waals surface area contributed by atoms with Gasteiger partial charge in [0.05, 0.1) is 6.07 Å². The highest BCUT2D eigenvalue weighted by Crippen LogP contribution is 2.26. The van der Waals surface area contributed by atoms with Crippen molar-refractivity contribution < 1.29 is 24.2 Å². The number of phenolic OH excluding ortho intramolecular Hbond substituents is 1. The summed E-state index contributed by atoms with van der Waals surface area (Å²) in [5.74, 6) is -3.70. The Labute approximate surface area is 159 Å². The molecule has 0 aliphatic heterocycles. The monoisotopic (exact) mass is 381 g/mol. The zero-order valence-electron chi connectivity index (χ0n) is 14.5. The number of benzene rings is 2. The number of nitrogens with one attached hydrogen (secondary N) is 2. The minimum absolute atomic E-state index is 0.0153. The summed E-state index contributed by atoms with van der Waals surface area (Å²) in [6.07, 6.45) is 1.42. The number of carbonyl (C=O) groups is 2. The molecular weight excluding hydrogens is 365 g/mol. The SMILES string of the molecule is N#CC(C(=O)NC(Cc1ccc(O)cc1)C(=O)O)c1c[nH]c2cc(F)ccc12. The van der Waals surface area contributed by atoms with E-state index in [0.717, 1.165) is 0 Å². The first-order chi connectivity index (χ1) is 13.4. The van der Waals surface area contributed by atoms with E-state index >= 15 is 0 Å². The highest BCUT2D eigenvalue weighted by Gasteiger charge is 2.28. The summed E-state index contributed by atoms with van der Waals surface area (Å²) >= 11 is 0. The van der Waals surface area contributed by atoms with Crippen molar-refractivity contribution in [2.75, 3.05) is 0 Å². The number of fused-ring (bicyclic) bond motifs is 1. The Hall–Kier alpha value is -3.86. The lowest BCUT2D eigenvalue weighted by atomic mass is 9.98. The molecule has 2 unspecified atom stereocenters. The number of hydrogen-bond donors (Lipinski definition) is 4. The number of carboxylic acids is 1. The second kappa shape index (κ2) is 7.80. The molecule has 0 radical (unpaired) electrons. The molecule has 1 aromatic heterocycles. The van der Waals surface area contributed by atoms with Gasteiger partial charge in [-0.3, -0.25) is 4.79 Å². The maximum Gasteiger partial charge on any atom is 0.326 e. The van der Waals surface area contributed by atoms with Crippen LogP contribution >= 0.6 is 0 Å². The summed E-state index contributed by atoms with van der Waals surface area (Å²) < 4.78 is 13.3. The predicted molar refractivity (Wildman–Crippen MR) is 98.0 cm³/mol. The van der Waals surface area contributed by atoms with E-state index in [-0.39, 0.29) is 12.2 Å². The molecule has 2 atom stereocenters. The van der Waals surface area contributed by atoms with Crippen molar-refractivity contribution in [2.24, 2.45) is 0 Å². The summed E-state index contributed by atoms with van der Waals surface area (Å²) in [7, 11) is 0. The van der Waals surface area contributed by atoms with Gasteiger partial charge >= 0.3 is 5.97 Å². The van der Waals surface area contributed by atoms with Gasteiger partial charge in [0, 0.05) is 29.1 Å². The topological polar surface area (TPSA) is 126 Å². The van der Waals surface area contributed by atoms with Crippen molar-refractivity contribution >= 4 is 22.8 Å². The van der Waals surface area contributed by atoms with Crippen LogP contribution in [0.5, 0.6) is 5.75 Å². The van der Waals surface area contributed by atoms with Crippen LogP contribution in [-0.2, 0) is 16.0 Å². The second-order valence-electron chi connectivity index (χ2n) is 6.27. The summed E-state index contributed by atoms with van der Waals surface area (Å²) in [5.41, 5.74) is 1.37. The van der Waals surface area contributed by atoms with Crippen molar-refractivity contribution in [1.29, 1.82) is 5.26 Å². The molecule has 0 saturated carbocycles. The minimum atomic E-state index is -1.26. The fourth-order valence-corrected chi connectivity index (χ4v) is 2.95. The zero-order valence-corrected chi connectivity index (χ0v) is 14.5. The molecule has 4 N–H and O–H groups in total. The molecular formula is C20H16FN3O4. The van der Waals surface area contributed by atoms with Crippen LogP contribution in [0, 0.1) is 17.1 Å². The smallest absolute Gasteiger partial charge is 0.326 e. The fourth-order valence-electron chi connectivity index (χ4n) is 2.95. The van der Waals surface area contributed by atoms with E-state index in [4.69, 9.17) is 0 Å². The Morgan fingerprint density at radius 3 is 2.57 bits per heavy atom. The number of phenols is 1. The lowest BCUT2D eigenvalue weighted by Crippen LogP contribution is -2.44. The molecule has 8 heteroatoms. The van der Waals surface area contributed by atoms with Gasteiger partial charge < -0.3 is 20.5 Å². The first-order valence-electron chi connectivity index (χ1n) is 8.36. The van der Waals surface area contributed by atoms with Gasteiger partial charge in [0.25, 0.3) is 0 Å². The number of H-pyrrole nitrogens is 1. The van der Waals surface area contributed by atoms with Crippen molar-refractivity contribution in [3.05, 3.63) is 65.6 Å². The van der Waals surface area contributed by atoms with E-state index in [1.54, 1.807) is 12.1 Å². The highest BCUT2D eigenvalue weighted by atomic mass is 19.1. The molecule has 1 heterocycles. The lowest BCUT2D eigenvalue weighted by molar-refractivity contribution is -0.141. The third kappa shape index (κ3) is 3.94. The van der Waals surface area contributed by atoms with E-state index < -0.39 is 29.7 Å². The Bertz CT molecular complexity index is 1070. The molecule has 0 spiro atoms. The largest absolute Gasteiger partial charge is 0.508 e. The van der Waals surface area contributed by atoms with E-state index in [1.807, 2.05) is 6.07 Å². The van der Waals surface area contributed by atoms with Crippen molar-refractivity contribution in [3.8, 4) is 11.8 Å². The molecule has 0 bridgehead atoms. The highest BCUT2D eigenvalue weighted by molar-refractivity contribution is 5.95. The van der Waals surface area contributed by atoms with E-state index in [1.165, 1.54) is 36.5 Å². The average Bonchev–Trinajstić information content (AvgIpc) is 3.06. The minimum Gasteiger partial charge on any atom is -0.508 e. The first kappa shape index (κ1) is 18.9. The molecule has 3 aromatic rings. The number of aromatic hydroxyl groups is 1. The number of hydrogen-bond acceptors (Lipinski definition) is 4. The third-order valence-electron chi connectivity index (χ3n) is 4.37. The number of rotatable bonds is 6. The van der Waals surface area contributed by atoms with Crippen molar-refractivity contribution in [1.82, 2.24) is 10.3 Å². The Morgan fingerprint density at radius 2 is 1.93 bits per heavy atom. The Kier molecular flexibility index (Phi) is 5.27. The Morgan fingerprint density at radius 1 is 1.21 bits per heavy atom. The number of aromatic nitrogens is 1. The summed E-state index contributed by atoms with van der Waals surface area (Å²) in [6, 6.07) is 10.5. The van der Waals surface area contributed by atoms with E-state index in [9.17, 15) is 29.5 Å². The van der Waals surface area contributed by atoms with Gasteiger partial charge in [-0.15, -0.1) is 0 Å². The van der Waals surface area contributed by atoms with Gasteiger partial charge in [-0.1, -0.05) is 12.1 Å². The lowest BCUT2D eigenvalue weighted by Gasteiger charge is -2.17. The van der Waals surface area contributed by atoms with Gasteiger partial charge in [0.1, 0.15) is 17.6 Å². The maximum absolute atomic E-state index is 13.3. The van der Waals surface area contributed by atoms with Gasteiger partial charge in [0.2, 0.25) is 5.91 Å². The molecule has 7 nitrogen and oxygen atoms in total. The summed E-state index contributed by atoms with van der Waals surface area (Å²) in [5, 5.41) is 31.1.